The molecule has 3 nitrogen and oxygen atoms in total. The minimum atomic E-state index is -4.84. The summed E-state index contributed by atoms with van der Waals surface area (Å²) in [7, 11) is 3.80. The number of nitrogens with zero attached hydrogens (tertiary/aromatic N) is 2. The summed E-state index contributed by atoms with van der Waals surface area (Å²) in [5, 5.41) is 0. The third kappa shape index (κ3) is 4.89. The molecule has 25 heavy (non-hydrogen) atoms. The van der Waals surface area contributed by atoms with Crippen molar-refractivity contribution in [2.45, 2.75) is 12.6 Å². The van der Waals surface area contributed by atoms with E-state index in [-0.39, 0.29) is 12.0 Å². The van der Waals surface area contributed by atoms with Crippen LogP contribution < -0.4 is 4.90 Å². The molecular weight excluding hydrogens is 335 g/mol. The number of rotatable bonds is 5. The molecule has 0 radical (unpaired) electrons. The molecule has 0 N–H and O–H groups in total. The lowest BCUT2D eigenvalue weighted by Crippen LogP contribution is -2.10. The maximum absolute atomic E-state index is 13.2. The zero-order valence-electron chi connectivity index (χ0n) is 13.6. The molecule has 0 saturated carbocycles. The molecule has 0 aliphatic rings. The number of hydrogen-bond donors (Lipinski definition) is 0. The van der Waals surface area contributed by atoms with Crippen molar-refractivity contribution in [3.8, 4) is 0 Å². The molecule has 0 unspecified atom stereocenters. The first-order chi connectivity index (χ1) is 11.7. The monoisotopic (exact) mass is 351 g/mol. The number of carbonyl (C=O) groups is 1. The van der Waals surface area contributed by atoms with Crippen molar-refractivity contribution < 1.29 is 22.4 Å². The Morgan fingerprint density at radius 2 is 1.76 bits per heavy atom. The highest BCUT2D eigenvalue weighted by Gasteiger charge is 2.34. The fourth-order valence-corrected chi connectivity index (χ4v) is 2.10. The minimum absolute atomic E-state index is 0.182. The van der Waals surface area contributed by atoms with E-state index in [4.69, 9.17) is 0 Å². The lowest BCUT2D eigenvalue weighted by molar-refractivity contribution is -0.140. The molecule has 0 heterocycles. The fraction of sp³-hybridized carbons (Fsp3) is 0.222. The van der Waals surface area contributed by atoms with Crippen LogP contribution in [0.25, 0.3) is 0 Å². The van der Waals surface area contributed by atoms with Crippen LogP contribution in [0.3, 0.4) is 0 Å². The zero-order chi connectivity index (χ0) is 18.6. The average Bonchev–Trinajstić information content (AvgIpc) is 2.54. The topological polar surface area (TPSA) is 32.7 Å². The van der Waals surface area contributed by atoms with Gasteiger partial charge in [-0.1, -0.05) is 0 Å². The Morgan fingerprint density at radius 3 is 2.32 bits per heavy atom. The number of halogens is 4. The van der Waals surface area contributed by atoms with Gasteiger partial charge in [0.05, 0.1) is 11.3 Å². The Kier molecular flexibility index (Phi) is 5.56. The first-order valence-electron chi connectivity index (χ1n) is 7.38. The Balaban J connectivity index is 2.07. The Bertz CT molecular complexity index is 781. The lowest BCUT2D eigenvalue weighted by Gasteiger charge is -2.11. The summed E-state index contributed by atoms with van der Waals surface area (Å²) < 4.78 is 51.3. The molecule has 0 saturated heterocycles. The second-order valence-corrected chi connectivity index (χ2v) is 5.54. The van der Waals surface area contributed by atoms with Gasteiger partial charge < -0.3 is 4.90 Å². The van der Waals surface area contributed by atoms with Crippen molar-refractivity contribution in [2.24, 2.45) is 4.99 Å². The number of aliphatic imine (C=N–C) groups is 1. The van der Waals surface area contributed by atoms with Gasteiger partial charge in [0.2, 0.25) is 0 Å². The molecule has 0 fully saturated rings. The number of alkyl halides is 3. The van der Waals surface area contributed by atoms with Crippen LogP contribution in [0.4, 0.5) is 28.9 Å². The van der Waals surface area contributed by atoms with Gasteiger partial charge >= 0.3 is 6.18 Å². The van der Waals surface area contributed by atoms with Gasteiger partial charge in [-0.15, -0.1) is 0 Å². The number of benzene rings is 2. The van der Waals surface area contributed by atoms with E-state index in [9.17, 15) is 22.4 Å². The third-order valence-electron chi connectivity index (χ3n) is 3.48. The van der Waals surface area contributed by atoms with Crippen molar-refractivity contribution in [1.82, 2.24) is 0 Å². The summed E-state index contributed by atoms with van der Waals surface area (Å²) >= 11 is 0. The maximum atomic E-state index is 13.2. The first kappa shape index (κ1) is 18.6. The molecule has 0 atom stereocenters. The molecular formula is C18H16F4N2O. The maximum Gasteiger partial charge on any atom is 0.419 e. The van der Waals surface area contributed by atoms with E-state index in [1.54, 1.807) is 12.1 Å². The van der Waals surface area contributed by atoms with Gasteiger partial charge in [0.15, 0.2) is 5.78 Å². The summed E-state index contributed by atoms with van der Waals surface area (Å²) in [5.74, 6) is -1.97. The number of anilines is 1. The zero-order valence-corrected chi connectivity index (χ0v) is 13.6. The van der Waals surface area contributed by atoms with Gasteiger partial charge in [-0.05, 0) is 42.5 Å². The molecule has 0 bridgehead atoms. The van der Waals surface area contributed by atoms with Crippen LogP contribution >= 0.6 is 0 Å². The summed E-state index contributed by atoms with van der Waals surface area (Å²) in [6.45, 7) is 0. The molecule has 2 aromatic rings. The van der Waals surface area contributed by atoms with Gasteiger partial charge in [0.1, 0.15) is 5.82 Å². The van der Waals surface area contributed by atoms with Crippen molar-refractivity contribution in [3.63, 3.8) is 0 Å². The highest BCUT2D eigenvalue weighted by atomic mass is 19.4. The fourth-order valence-electron chi connectivity index (χ4n) is 2.10. The summed E-state index contributed by atoms with van der Waals surface area (Å²) in [6, 6.07) is 9.43. The second kappa shape index (κ2) is 7.46. The molecule has 7 heteroatoms. The van der Waals surface area contributed by atoms with E-state index in [0.29, 0.717) is 17.8 Å². The average molecular weight is 351 g/mol. The summed E-state index contributed by atoms with van der Waals surface area (Å²) in [4.78, 5) is 18.0. The van der Waals surface area contributed by atoms with E-state index >= 15 is 0 Å². The summed E-state index contributed by atoms with van der Waals surface area (Å²) in [6.07, 6.45) is -3.70. The predicted octanol–water partition coefficient (Wildman–Crippen LogP) is 4.89. The van der Waals surface area contributed by atoms with Gasteiger partial charge in [-0.3, -0.25) is 9.79 Å². The molecule has 0 aromatic heterocycles. The smallest absolute Gasteiger partial charge is 0.378 e. The predicted molar refractivity (Wildman–Crippen MR) is 89.3 cm³/mol. The van der Waals surface area contributed by atoms with Gasteiger partial charge in [0.25, 0.3) is 0 Å². The van der Waals surface area contributed by atoms with Crippen molar-refractivity contribution in [3.05, 3.63) is 59.4 Å². The van der Waals surface area contributed by atoms with Gasteiger partial charge in [-0.25, -0.2) is 4.39 Å². The van der Waals surface area contributed by atoms with Crippen LogP contribution in [0.2, 0.25) is 0 Å². The Morgan fingerprint density at radius 1 is 1.12 bits per heavy atom. The van der Waals surface area contributed by atoms with Crippen LogP contribution in [0.15, 0.2) is 47.5 Å². The molecule has 0 amide bonds. The first-order valence-corrected chi connectivity index (χ1v) is 7.38. The number of ketones is 1. The summed E-state index contributed by atoms with van der Waals surface area (Å²) in [5.41, 5.74) is -0.0489. The van der Waals surface area contributed by atoms with E-state index < -0.39 is 23.3 Å². The highest BCUT2D eigenvalue weighted by molar-refractivity contribution is 6.04. The van der Waals surface area contributed by atoms with Crippen molar-refractivity contribution in [1.29, 1.82) is 0 Å². The van der Waals surface area contributed by atoms with Crippen LogP contribution in [-0.4, -0.2) is 26.1 Å². The molecule has 2 aromatic carbocycles. The molecule has 0 spiro atoms. The van der Waals surface area contributed by atoms with Crippen LogP contribution in [0.5, 0.6) is 0 Å². The quantitative estimate of drug-likeness (QED) is 0.437. The molecule has 0 aliphatic heterocycles. The highest BCUT2D eigenvalue weighted by Crippen LogP contribution is 2.32. The number of hydrogen-bond acceptors (Lipinski definition) is 3. The van der Waals surface area contributed by atoms with Crippen molar-refractivity contribution in [2.75, 3.05) is 19.0 Å². The lowest BCUT2D eigenvalue weighted by atomic mass is 10.0. The van der Waals surface area contributed by atoms with Crippen LogP contribution in [0, 0.1) is 5.82 Å². The second-order valence-electron chi connectivity index (χ2n) is 5.54. The van der Waals surface area contributed by atoms with Gasteiger partial charge in [0, 0.05) is 38.0 Å². The molecule has 132 valence electrons. The SMILES string of the molecule is CN(C)c1ccc(N=CCC(=O)c2ccc([18F])c(C(F)(F)F)c2)cc1. The van der Waals surface area contributed by atoms with Gasteiger partial charge in [-0.2, -0.15) is 13.2 Å². The largest absolute Gasteiger partial charge is 0.419 e. The minimum Gasteiger partial charge on any atom is -0.378 e. The van der Waals surface area contributed by atoms with E-state index in [2.05, 4.69) is 4.99 Å². The number of Topliss-reactive ketones (excluding diaryl/α,β-unsaturated/α-hetero) is 1. The molecule has 0 aliphatic carbocycles. The van der Waals surface area contributed by atoms with E-state index in [1.807, 2.05) is 31.1 Å². The third-order valence-corrected chi connectivity index (χ3v) is 3.48. The number of carbonyl (C=O) groups excluding carboxylic acids is 1. The normalized spacial score (nSPS) is 11.8. The van der Waals surface area contributed by atoms with Crippen LogP contribution in [-0.2, 0) is 6.18 Å². The van der Waals surface area contributed by atoms with Crippen LogP contribution in [0.1, 0.15) is 22.3 Å². The standard InChI is InChI=1S/C18H16F4N2O/c1-24(2)14-6-4-13(5-7-14)23-10-9-17(25)12-3-8-16(19)15(11-12)18(20,21)22/h3-8,10-11H,9H2,1-2H3/i19-1. The molecule has 2 rings (SSSR count). The Hall–Kier alpha value is -2.70. The van der Waals surface area contributed by atoms with E-state index in [1.165, 1.54) is 6.21 Å². The Labute approximate surface area is 142 Å². The van der Waals surface area contributed by atoms with E-state index in [0.717, 1.165) is 11.8 Å². The van der Waals surface area contributed by atoms with Crippen molar-refractivity contribution >= 4 is 23.4 Å².